The number of nitrogens with zero attached hydrogens (tertiary/aromatic N) is 1. The van der Waals surface area contributed by atoms with Crippen molar-refractivity contribution < 1.29 is 17.9 Å². The highest BCUT2D eigenvalue weighted by molar-refractivity contribution is 7.89. The second-order valence-corrected chi connectivity index (χ2v) is 7.81. The maximum absolute atomic E-state index is 12.7. The highest BCUT2D eigenvalue weighted by atomic mass is 32.2. The van der Waals surface area contributed by atoms with Crippen molar-refractivity contribution in [1.29, 1.82) is 0 Å². The van der Waals surface area contributed by atoms with Crippen LogP contribution in [0, 0.1) is 0 Å². The van der Waals surface area contributed by atoms with Crippen molar-refractivity contribution in [2.45, 2.75) is 36.6 Å². The molecule has 2 unspecified atom stereocenters. The van der Waals surface area contributed by atoms with Gasteiger partial charge in [-0.15, -0.1) is 0 Å². The van der Waals surface area contributed by atoms with Gasteiger partial charge in [0, 0.05) is 19.1 Å². The quantitative estimate of drug-likeness (QED) is 0.671. The molecular weight excluding hydrogens is 282 g/mol. The molecule has 1 saturated carbocycles. The summed E-state index contributed by atoms with van der Waals surface area (Å²) in [5.74, 6) is -0.221. The minimum atomic E-state index is -3.44. The summed E-state index contributed by atoms with van der Waals surface area (Å²) < 4.78 is 32.0. The zero-order valence-electron chi connectivity index (χ0n) is 11.4. The minimum Gasteiger partial charge on any atom is -0.378 e. The lowest BCUT2D eigenvalue weighted by molar-refractivity contribution is -0.129. The first-order valence-corrected chi connectivity index (χ1v) is 8.69. The lowest BCUT2D eigenvalue weighted by atomic mass is 10.2. The number of amides is 1. The first-order valence-electron chi connectivity index (χ1n) is 7.18. The molecule has 3 aliphatic rings. The maximum Gasteiger partial charge on any atom is 0.241 e. The molecule has 3 rings (SSSR count). The summed E-state index contributed by atoms with van der Waals surface area (Å²) in [6.07, 6.45) is 2.58. The fraction of sp³-hybridized carbons (Fsp3) is 0.917. The van der Waals surface area contributed by atoms with Crippen LogP contribution in [0.3, 0.4) is 0 Å². The van der Waals surface area contributed by atoms with Crippen molar-refractivity contribution in [3.05, 3.63) is 0 Å². The fourth-order valence-electron chi connectivity index (χ4n) is 2.70. The molecule has 0 aromatic carbocycles. The molecule has 2 N–H and O–H groups in total. The fourth-order valence-corrected chi connectivity index (χ4v) is 4.67. The van der Waals surface area contributed by atoms with E-state index >= 15 is 0 Å². The standard InChI is InChI=1S/C12H21N3O4S/c16-12(14-9-1-2-9)11-8-19-6-5-15(11)20(17,18)10-3-4-13-7-10/h9-11,13H,1-8H2,(H,14,16). The van der Waals surface area contributed by atoms with E-state index in [1.54, 1.807) is 0 Å². The van der Waals surface area contributed by atoms with Gasteiger partial charge in [0.15, 0.2) is 0 Å². The Kier molecular flexibility index (Phi) is 3.98. The van der Waals surface area contributed by atoms with Crippen LogP contribution in [-0.4, -0.2) is 68.8 Å². The van der Waals surface area contributed by atoms with E-state index < -0.39 is 21.3 Å². The molecule has 0 aromatic heterocycles. The van der Waals surface area contributed by atoms with Crippen molar-refractivity contribution in [2.24, 2.45) is 0 Å². The molecule has 2 heterocycles. The van der Waals surface area contributed by atoms with Crippen molar-refractivity contribution in [2.75, 3.05) is 32.8 Å². The topological polar surface area (TPSA) is 87.7 Å². The smallest absolute Gasteiger partial charge is 0.241 e. The van der Waals surface area contributed by atoms with Crippen LogP contribution in [0.4, 0.5) is 0 Å². The van der Waals surface area contributed by atoms with Crippen LogP contribution in [0.2, 0.25) is 0 Å². The van der Waals surface area contributed by atoms with Crippen LogP contribution in [0.1, 0.15) is 19.3 Å². The molecule has 114 valence electrons. The molecule has 2 aliphatic heterocycles. The van der Waals surface area contributed by atoms with Gasteiger partial charge in [-0.05, 0) is 25.8 Å². The van der Waals surface area contributed by atoms with Crippen LogP contribution < -0.4 is 10.6 Å². The molecule has 8 heteroatoms. The van der Waals surface area contributed by atoms with Crippen LogP contribution >= 0.6 is 0 Å². The Balaban J connectivity index is 1.75. The molecule has 20 heavy (non-hydrogen) atoms. The summed E-state index contributed by atoms with van der Waals surface area (Å²) in [4.78, 5) is 12.2. The van der Waals surface area contributed by atoms with E-state index in [2.05, 4.69) is 10.6 Å². The first-order chi connectivity index (χ1) is 9.59. The Hall–Kier alpha value is -0.700. The number of ether oxygens (including phenoxy) is 1. The van der Waals surface area contributed by atoms with Crippen molar-refractivity contribution in [3.8, 4) is 0 Å². The van der Waals surface area contributed by atoms with E-state index in [1.807, 2.05) is 0 Å². The highest BCUT2D eigenvalue weighted by Gasteiger charge is 2.43. The van der Waals surface area contributed by atoms with E-state index in [0.29, 0.717) is 26.1 Å². The van der Waals surface area contributed by atoms with Crippen molar-refractivity contribution in [3.63, 3.8) is 0 Å². The Morgan fingerprint density at radius 1 is 1.30 bits per heavy atom. The SMILES string of the molecule is O=C(NC1CC1)C1COCCN1S(=O)(=O)C1CCNC1. The van der Waals surface area contributed by atoms with Crippen LogP contribution in [0.25, 0.3) is 0 Å². The Bertz CT molecular complexity index is 471. The first kappa shape index (κ1) is 14.2. The van der Waals surface area contributed by atoms with E-state index in [9.17, 15) is 13.2 Å². The Labute approximate surface area is 119 Å². The van der Waals surface area contributed by atoms with Gasteiger partial charge in [0.1, 0.15) is 6.04 Å². The van der Waals surface area contributed by atoms with Gasteiger partial charge in [0.2, 0.25) is 15.9 Å². The number of carbonyl (C=O) groups excluding carboxylic acids is 1. The predicted molar refractivity (Wildman–Crippen MR) is 72.7 cm³/mol. The number of nitrogens with one attached hydrogen (secondary N) is 2. The van der Waals surface area contributed by atoms with Crippen LogP contribution in [0.5, 0.6) is 0 Å². The summed E-state index contributed by atoms with van der Waals surface area (Å²) >= 11 is 0. The third kappa shape index (κ3) is 2.83. The van der Waals surface area contributed by atoms with Gasteiger partial charge < -0.3 is 15.4 Å². The van der Waals surface area contributed by atoms with E-state index in [0.717, 1.165) is 12.8 Å². The summed E-state index contributed by atoms with van der Waals surface area (Å²) in [5, 5.41) is 5.52. The zero-order chi connectivity index (χ0) is 14.2. The lowest BCUT2D eigenvalue weighted by Gasteiger charge is -2.35. The molecule has 1 aliphatic carbocycles. The average molecular weight is 303 g/mol. The van der Waals surface area contributed by atoms with Crippen molar-refractivity contribution >= 4 is 15.9 Å². The van der Waals surface area contributed by atoms with Gasteiger partial charge in [-0.3, -0.25) is 4.79 Å². The van der Waals surface area contributed by atoms with Crippen molar-refractivity contribution in [1.82, 2.24) is 14.9 Å². The second kappa shape index (κ2) is 5.59. The number of sulfonamides is 1. The molecule has 3 fully saturated rings. The van der Waals surface area contributed by atoms with Gasteiger partial charge in [0.05, 0.1) is 18.5 Å². The number of hydrogen-bond acceptors (Lipinski definition) is 5. The third-order valence-electron chi connectivity index (χ3n) is 4.07. The Morgan fingerprint density at radius 3 is 2.75 bits per heavy atom. The van der Waals surface area contributed by atoms with E-state index in [1.165, 1.54) is 4.31 Å². The average Bonchev–Trinajstić information content (AvgIpc) is 3.08. The van der Waals surface area contributed by atoms with Crippen LogP contribution in [0.15, 0.2) is 0 Å². The normalized spacial score (nSPS) is 32.2. The minimum absolute atomic E-state index is 0.151. The molecule has 0 radical (unpaired) electrons. The maximum atomic E-state index is 12.7. The molecule has 0 aromatic rings. The molecule has 1 amide bonds. The zero-order valence-corrected chi connectivity index (χ0v) is 12.2. The third-order valence-corrected chi connectivity index (χ3v) is 6.40. The van der Waals surface area contributed by atoms with Gasteiger partial charge >= 0.3 is 0 Å². The summed E-state index contributed by atoms with van der Waals surface area (Å²) in [5.41, 5.74) is 0. The molecule has 0 bridgehead atoms. The summed E-state index contributed by atoms with van der Waals surface area (Å²) in [6, 6.07) is -0.489. The summed E-state index contributed by atoms with van der Waals surface area (Å²) in [7, 11) is -3.44. The van der Waals surface area contributed by atoms with Gasteiger partial charge in [-0.1, -0.05) is 0 Å². The number of rotatable bonds is 4. The molecule has 2 saturated heterocycles. The van der Waals surface area contributed by atoms with Gasteiger partial charge in [-0.25, -0.2) is 8.42 Å². The summed E-state index contributed by atoms with van der Waals surface area (Å²) in [6.45, 7) is 1.95. The lowest BCUT2D eigenvalue weighted by Crippen LogP contribution is -2.58. The number of hydrogen-bond donors (Lipinski definition) is 2. The van der Waals surface area contributed by atoms with Gasteiger partial charge in [0.25, 0.3) is 0 Å². The predicted octanol–water partition coefficient (Wildman–Crippen LogP) is -1.34. The Morgan fingerprint density at radius 2 is 2.10 bits per heavy atom. The second-order valence-electron chi connectivity index (χ2n) is 5.64. The van der Waals surface area contributed by atoms with Crippen LogP contribution in [-0.2, 0) is 19.6 Å². The molecule has 0 spiro atoms. The molecule has 7 nitrogen and oxygen atoms in total. The monoisotopic (exact) mass is 303 g/mol. The van der Waals surface area contributed by atoms with E-state index in [4.69, 9.17) is 4.74 Å². The van der Waals surface area contributed by atoms with Gasteiger partial charge in [-0.2, -0.15) is 4.31 Å². The largest absolute Gasteiger partial charge is 0.378 e. The number of morpholine rings is 1. The number of carbonyl (C=O) groups is 1. The highest BCUT2D eigenvalue weighted by Crippen LogP contribution is 2.23. The molecular formula is C12H21N3O4S. The molecule has 2 atom stereocenters. The van der Waals surface area contributed by atoms with E-state index in [-0.39, 0.29) is 25.1 Å².